The predicted molar refractivity (Wildman–Crippen MR) is 48.3 cm³/mol. The Morgan fingerprint density at radius 2 is 2.09 bits per heavy atom. The van der Waals surface area contributed by atoms with E-state index in [1.807, 2.05) is 13.8 Å². The van der Waals surface area contributed by atoms with Crippen molar-refractivity contribution in [1.29, 1.82) is 0 Å². The van der Waals surface area contributed by atoms with Crippen LogP contribution in [0.2, 0.25) is 0 Å². The van der Waals surface area contributed by atoms with Crippen LogP contribution in [0.25, 0.3) is 0 Å². The average Bonchev–Trinajstić information content (AvgIpc) is 2.02. The fraction of sp³-hybridized carbons (Fsp3) is 1.00. The van der Waals surface area contributed by atoms with Gasteiger partial charge in [-0.25, -0.2) is 0 Å². The van der Waals surface area contributed by atoms with Crippen LogP contribution in [0.15, 0.2) is 0 Å². The first-order chi connectivity index (χ1) is 5.18. The molecule has 0 bridgehead atoms. The molecule has 0 fully saturated rings. The first-order valence-electron chi connectivity index (χ1n) is 4.11. The van der Waals surface area contributed by atoms with E-state index in [1.54, 1.807) is 0 Å². The molecule has 1 atom stereocenters. The zero-order valence-electron chi connectivity index (χ0n) is 7.38. The molecule has 0 amide bonds. The molecule has 0 aliphatic heterocycles. The van der Waals surface area contributed by atoms with Crippen LogP contribution in [-0.2, 0) is 9.09 Å². The quantitative estimate of drug-likeness (QED) is 0.631. The molecule has 0 aromatic carbocycles. The Hall–Kier alpha value is 0.150. The van der Waals surface area contributed by atoms with Gasteiger partial charge in [-0.15, -0.1) is 0 Å². The smallest absolute Gasteiger partial charge is 0.202 e. The van der Waals surface area contributed by atoms with Crippen molar-refractivity contribution in [3.8, 4) is 0 Å². The third-order valence-electron chi connectivity index (χ3n) is 1.55. The van der Waals surface area contributed by atoms with Crippen molar-refractivity contribution in [1.82, 2.24) is 0 Å². The molecule has 4 heteroatoms. The summed E-state index contributed by atoms with van der Waals surface area (Å²) in [5.74, 6) is 0. The fourth-order valence-corrected chi connectivity index (χ4v) is 2.64. The van der Waals surface area contributed by atoms with E-state index in [9.17, 15) is 4.57 Å². The minimum Gasteiger partial charge on any atom is -0.330 e. The maximum Gasteiger partial charge on any atom is 0.202 e. The summed E-state index contributed by atoms with van der Waals surface area (Å²) in [4.78, 5) is 0. The minimum absolute atomic E-state index is 0.537. The van der Waals surface area contributed by atoms with Gasteiger partial charge in [0.25, 0.3) is 0 Å². The molecule has 68 valence electrons. The van der Waals surface area contributed by atoms with Crippen molar-refractivity contribution in [2.75, 3.05) is 25.5 Å². The third-order valence-corrected chi connectivity index (χ3v) is 4.24. The SMILES string of the molecule is CCOP(=O)(CC)CCCN. The van der Waals surface area contributed by atoms with E-state index in [0.717, 1.165) is 6.42 Å². The van der Waals surface area contributed by atoms with E-state index >= 15 is 0 Å². The van der Waals surface area contributed by atoms with Crippen LogP contribution in [-0.4, -0.2) is 25.5 Å². The molecular formula is C7H18NO2P. The van der Waals surface area contributed by atoms with Crippen LogP contribution in [0.1, 0.15) is 20.3 Å². The normalized spacial score (nSPS) is 16.3. The van der Waals surface area contributed by atoms with Crippen molar-refractivity contribution < 1.29 is 9.09 Å². The Morgan fingerprint density at radius 1 is 1.45 bits per heavy atom. The second-order valence-corrected chi connectivity index (χ2v) is 5.38. The highest BCUT2D eigenvalue weighted by atomic mass is 31.2. The topological polar surface area (TPSA) is 52.3 Å². The first-order valence-corrected chi connectivity index (χ1v) is 6.10. The van der Waals surface area contributed by atoms with Crippen LogP contribution in [0.5, 0.6) is 0 Å². The van der Waals surface area contributed by atoms with Crippen molar-refractivity contribution in [3.05, 3.63) is 0 Å². The summed E-state index contributed by atoms with van der Waals surface area (Å²) in [6.45, 7) is 4.89. The van der Waals surface area contributed by atoms with Crippen molar-refractivity contribution in [2.24, 2.45) is 5.73 Å². The Labute approximate surface area is 68.8 Å². The molecule has 0 saturated heterocycles. The predicted octanol–water partition coefficient (Wildman–Crippen LogP) is 1.67. The van der Waals surface area contributed by atoms with Crippen LogP contribution < -0.4 is 5.73 Å². The fourth-order valence-electron chi connectivity index (χ4n) is 0.881. The highest BCUT2D eigenvalue weighted by Gasteiger charge is 2.18. The van der Waals surface area contributed by atoms with E-state index in [-0.39, 0.29) is 0 Å². The molecule has 1 unspecified atom stereocenters. The second-order valence-electron chi connectivity index (χ2n) is 2.41. The molecule has 0 radical (unpaired) electrons. The Balaban J connectivity index is 3.79. The van der Waals surface area contributed by atoms with Gasteiger partial charge in [0.05, 0.1) is 6.61 Å². The highest BCUT2D eigenvalue weighted by molar-refractivity contribution is 7.58. The lowest BCUT2D eigenvalue weighted by molar-refractivity contribution is 0.333. The van der Waals surface area contributed by atoms with E-state index in [4.69, 9.17) is 10.3 Å². The van der Waals surface area contributed by atoms with E-state index < -0.39 is 7.37 Å². The molecule has 0 rings (SSSR count). The standard InChI is InChI=1S/C7H18NO2P/c1-3-10-11(9,4-2)7-5-6-8/h3-8H2,1-2H3. The lowest BCUT2D eigenvalue weighted by Crippen LogP contribution is -2.05. The van der Waals surface area contributed by atoms with Crippen LogP contribution in [0.3, 0.4) is 0 Å². The summed E-state index contributed by atoms with van der Waals surface area (Å²) in [5.41, 5.74) is 5.31. The molecule has 2 N–H and O–H groups in total. The maximum atomic E-state index is 11.7. The van der Waals surface area contributed by atoms with E-state index in [2.05, 4.69) is 0 Å². The molecular weight excluding hydrogens is 161 g/mol. The number of hydrogen-bond donors (Lipinski definition) is 1. The molecule has 11 heavy (non-hydrogen) atoms. The Bertz CT molecular complexity index is 138. The molecule has 0 spiro atoms. The largest absolute Gasteiger partial charge is 0.330 e. The third kappa shape index (κ3) is 4.57. The summed E-state index contributed by atoms with van der Waals surface area (Å²) < 4.78 is 16.8. The number of hydrogen-bond acceptors (Lipinski definition) is 3. The highest BCUT2D eigenvalue weighted by Crippen LogP contribution is 2.46. The van der Waals surface area contributed by atoms with Gasteiger partial charge in [0, 0.05) is 12.3 Å². The van der Waals surface area contributed by atoms with Gasteiger partial charge < -0.3 is 10.3 Å². The van der Waals surface area contributed by atoms with Gasteiger partial charge >= 0.3 is 0 Å². The van der Waals surface area contributed by atoms with Crippen LogP contribution in [0.4, 0.5) is 0 Å². The molecule has 0 aliphatic carbocycles. The van der Waals surface area contributed by atoms with Crippen LogP contribution >= 0.6 is 7.37 Å². The Morgan fingerprint density at radius 3 is 2.45 bits per heavy atom. The molecule has 0 heterocycles. The van der Waals surface area contributed by atoms with E-state index in [0.29, 0.717) is 25.5 Å². The zero-order valence-corrected chi connectivity index (χ0v) is 8.27. The van der Waals surface area contributed by atoms with Crippen molar-refractivity contribution in [3.63, 3.8) is 0 Å². The Kier molecular flexibility index (Phi) is 5.83. The van der Waals surface area contributed by atoms with Gasteiger partial charge in [0.15, 0.2) is 0 Å². The van der Waals surface area contributed by atoms with Gasteiger partial charge in [-0.1, -0.05) is 6.92 Å². The van der Waals surface area contributed by atoms with E-state index in [1.165, 1.54) is 0 Å². The summed E-state index contributed by atoms with van der Waals surface area (Å²) in [6, 6.07) is 0. The summed E-state index contributed by atoms with van der Waals surface area (Å²) in [7, 11) is -2.30. The lowest BCUT2D eigenvalue weighted by atomic mass is 10.5. The first kappa shape index (κ1) is 11.2. The van der Waals surface area contributed by atoms with Crippen molar-refractivity contribution in [2.45, 2.75) is 20.3 Å². The summed E-state index contributed by atoms with van der Waals surface area (Å²) in [5, 5.41) is 0. The number of nitrogens with two attached hydrogens (primary N) is 1. The maximum absolute atomic E-state index is 11.7. The van der Waals surface area contributed by atoms with Gasteiger partial charge in [-0.3, -0.25) is 4.57 Å². The van der Waals surface area contributed by atoms with Crippen LogP contribution in [0, 0.1) is 0 Å². The monoisotopic (exact) mass is 179 g/mol. The zero-order chi connectivity index (χ0) is 8.74. The van der Waals surface area contributed by atoms with Gasteiger partial charge in [-0.2, -0.15) is 0 Å². The van der Waals surface area contributed by atoms with Gasteiger partial charge in [0.1, 0.15) is 0 Å². The average molecular weight is 179 g/mol. The minimum atomic E-state index is -2.30. The van der Waals surface area contributed by atoms with Gasteiger partial charge in [0.2, 0.25) is 7.37 Å². The second kappa shape index (κ2) is 5.76. The molecule has 0 saturated carbocycles. The molecule has 0 aromatic rings. The molecule has 0 aliphatic rings. The molecule has 0 aromatic heterocycles. The van der Waals surface area contributed by atoms with Crippen molar-refractivity contribution >= 4 is 7.37 Å². The summed E-state index contributed by atoms with van der Waals surface area (Å²) in [6.07, 6.45) is 2.06. The number of rotatable bonds is 6. The van der Waals surface area contributed by atoms with Gasteiger partial charge in [-0.05, 0) is 19.9 Å². The summed E-state index contributed by atoms with van der Waals surface area (Å²) >= 11 is 0. The molecule has 3 nitrogen and oxygen atoms in total. The lowest BCUT2D eigenvalue weighted by Gasteiger charge is -2.14.